The molecule has 0 aromatic rings. The number of carboxylic acid groups (broad SMARTS) is 1. The van der Waals surface area contributed by atoms with E-state index in [1.807, 2.05) is 0 Å². The van der Waals surface area contributed by atoms with Gasteiger partial charge in [-0.15, -0.1) is 0 Å². The van der Waals surface area contributed by atoms with Crippen molar-refractivity contribution in [3.63, 3.8) is 0 Å². The maximum atomic E-state index is 11.0. The van der Waals surface area contributed by atoms with E-state index in [9.17, 15) is 9.59 Å². The summed E-state index contributed by atoms with van der Waals surface area (Å²) in [5.74, 6) is 0.532. The molecular formula is C8H11NO3. The molecule has 1 heterocycles. The van der Waals surface area contributed by atoms with Crippen LogP contribution in [0.5, 0.6) is 0 Å². The molecule has 0 spiro atoms. The van der Waals surface area contributed by atoms with E-state index in [-0.39, 0.29) is 11.8 Å². The zero-order valence-electron chi connectivity index (χ0n) is 6.69. The van der Waals surface area contributed by atoms with Crippen molar-refractivity contribution in [3.05, 3.63) is 0 Å². The Kier molecular flexibility index (Phi) is 1.56. The first-order valence-electron chi connectivity index (χ1n) is 4.20. The Hall–Kier alpha value is -1.06. The Labute approximate surface area is 70.2 Å². The molecule has 66 valence electrons. The molecule has 4 nitrogen and oxygen atoms in total. The van der Waals surface area contributed by atoms with Gasteiger partial charge in [0.1, 0.15) is 5.78 Å². The van der Waals surface area contributed by atoms with Crippen LogP contribution in [-0.2, 0) is 4.79 Å². The van der Waals surface area contributed by atoms with Crippen molar-refractivity contribution in [3.8, 4) is 0 Å². The van der Waals surface area contributed by atoms with E-state index < -0.39 is 6.09 Å². The molecule has 2 fully saturated rings. The fourth-order valence-corrected chi connectivity index (χ4v) is 2.28. The van der Waals surface area contributed by atoms with Crippen molar-refractivity contribution in [2.24, 2.45) is 5.92 Å². The Bertz CT molecular complexity index is 238. The summed E-state index contributed by atoms with van der Waals surface area (Å²) in [5, 5.41) is 8.76. The van der Waals surface area contributed by atoms with Crippen LogP contribution < -0.4 is 0 Å². The van der Waals surface area contributed by atoms with Crippen LogP contribution in [0.1, 0.15) is 19.3 Å². The van der Waals surface area contributed by atoms with Crippen LogP contribution in [0.15, 0.2) is 0 Å². The number of rotatable bonds is 0. The van der Waals surface area contributed by atoms with Gasteiger partial charge in [0.15, 0.2) is 0 Å². The molecule has 2 rings (SSSR count). The second-order valence-corrected chi connectivity index (χ2v) is 3.54. The minimum atomic E-state index is -0.878. The summed E-state index contributed by atoms with van der Waals surface area (Å²) in [5.41, 5.74) is 0. The number of carbonyl (C=O) groups is 2. The van der Waals surface area contributed by atoms with Crippen LogP contribution in [0.4, 0.5) is 4.79 Å². The molecule has 1 saturated carbocycles. The molecule has 0 bridgehead atoms. The fourth-order valence-electron chi connectivity index (χ4n) is 2.28. The van der Waals surface area contributed by atoms with Crippen molar-refractivity contribution >= 4 is 11.9 Å². The number of hydrogen-bond donors (Lipinski definition) is 1. The minimum Gasteiger partial charge on any atom is -0.465 e. The SMILES string of the molecule is O=C1C[C@@H]2CCN(C(=O)O)[C@@H]2C1. The van der Waals surface area contributed by atoms with Crippen molar-refractivity contribution in [2.75, 3.05) is 6.54 Å². The van der Waals surface area contributed by atoms with Crippen molar-refractivity contribution in [1.82, 2.24) is 4.90 Å². The van der Waals surface area contributed by atoms with Gasteiger partial charge in [-0.3, -0.25) is 4.79 Å². The lowest BCUT2D eigenvalue weighted by Crippen LogP contribution is -2.34. The van der Waals surface area contributed by atoms with Gasteiger partial charge in [-0.05, 0) is 12.3 Å². The molecule has 1 N–H and O–H groups in total. The van der Waals surface area contributed by atoms with Crippen molar-refractivity contribution in [2.45, 2.75) is 25.3 Å². The quantitative estimate of drug-likeness (QED) is 0.581. The molecule has 1 aliphatic carbocycles. The molecule has 0 aromatic heterocycles. The Morgan fingerprint density at radius 1 is 1.50 bits per heavy atom. The smallest absolute Gasteiger partial charge is 0.407 e. The highest BCUT2D eigenvalue weighted by Gasteiger charge is 2.43. The predicted octanol–water partition coefficient (Wildman–Crippen LogP) is 0.718. The van der Waals surface area contributed by atoms with Crippen molar-refractivity contribution in [1.29, 1.82) is 0 Å². The standard InChI is InChI=1S/C8H11NO3/c10-6-3-5-1-2-9(8(11)12)7(5)4-6/h5,7H,1-4H2,(H,11,12)/t5-,7+/m0/s1. The van der Waals surface area contributed by atoms with E-state index in [0.29, 0.717) is 25.3 Å². The lowest BCUT2D eigenvalue weighted by Gasteiger charge is -2.18. The van der Waals surface area contributed by atoms with Gasteiger partial charge in [-0.1, -0.05) is 0 Å². The van der Waals surface area contributed by atoms with Gasteiger partial charge in [0.25, 0.3) is 0 Å². The summed E-state index contributed by atoms with van der Waals surface area (Å²) in [4.78, 5) is 23.1. The summed E-state index contributed by atoms with van der Waals surface area (Å²) in [6, 6.07) is -0.00463. The third-order valence-corrected chi connectivity index (χ3v) is 2.86. The third kappa shape index (κ3) is 0.983. The highest BCUT2D eigenvalue weighted by Crippen LogP contribution is 2.35. The van der Waals surface area contributed by atoms with Crippen LogP contribution in [0.3, 0.4) is 0 Å². The van der Waals surface area contributed by atoms with E-state index in [1.54, 1.807) is 0 Å². The number of Topliss-reactive ketones (excluding diaryl/α,β-unsaturated/α-hetero) is 1. The van der Waals surface area contributed by atoms with E-state index in [1.165, 1.54) is 4.90 Å². The van der Waals surface area contributed by atoms with Crippen LogP contribution in [0, 0.1) is 5.92 Å². The Morgan fingerprint density at radius 2 is 2.25 bits per heavy atom. The molecule has 0 unspecified atom stereocenters. The zero-order chi connectivity index (χ0) is 8.72. The molecule has 0 aromatic carbocycles. The molecule has 0 radical (unpaired) electrons. The Balaban J connectivity index is 2.13. The summed E-state index contributed by atoms with van der Waals surface area (Å²) in [7, 11) is 0. The largest absolute Gasteiger partial charge is 0.465 e. The third-order valence-electron chi connectivity index (χ3n) is 2.86. The average Bonchev–Trinajstić information content (AvgIpc) is 2.43. The lowest BCUT2D eigenvalue weighted by atomic mass is 10.1. The molecule has 4 heteroatoms. The Morgan fingerprint density at radius 3 is 2.92 bits per heavy atom. The van der Waals surface area contributed by atoms with E-state index >= 15 is 0 Å². The number of hydrogen-bond acceptors (Lipinski definition) is 2. The highest BCUT2D eigenvalue weighted by atomic mass is 16.4. The summed E-state index contributed by atoms with van der Waals surface area (Å²) >= 11 is 0. The molecule has 2 atom stereocenters. The number of fused-ring (bicyclic) bond motifs is 1. The van der Waals surface area contributed by atoms with Gasteiger partial charge < -0.3 is 10.0 Å². The first-order chi connectivity index (χ1) is 5.68. The number of ketones is 1. The normalized spacial score (nSPS) is 34.0. The van der Waals surface area contributed by atoms with E-state index in [0.717, 1.165) is 6.42 Å². The lowest BCUT2D eigenvalue weighted by molar-refractivity contribution is -0.117. The monoisotopic (exact) mass is 169 g/mol. The average molecular weight is 169 g/mol. The summed E-state index contributed by atoms with van der Waals surface area (Å²) in [6.07, 6.45) is 1.02. The van der Waals surface area contributed by atoms with Gasteiger partial charge in [-0.25, -0.2) is 4.79 Å². The van der Waals surface area contributed by atoms with Gasteiger partial charge in [0.2, 0.25) is 0 Å². The number of carbonyl (C=O) groups excluding carboxylic acids is 1. The molecule has 1 aliphatic heterocycles. The second kappa shape index (κ2) is 2.47. The first-order valence-corrected chi connectivity index (χ1v) is 4.20. The molecule has 1 amide bonds. The van der Waals surface area contributed by atoms with Crippen LogP contribution >= 0.6 is 0 Å². The molecule has 1 saturated heterocycles. The van der Waals surface area contributed by atoms with Gasteiger partial charge in [0.05, 0.1) is 0 Å². The molecule has 2 aliphatic rings. The first kappa shape index (κ1) is 7.58. The topological polar surface area (TPSA) is 57.6 Å². The van der Waals surface area contributed by atoms with Crippen LogP contribution in [-0.4, -0.2) is 34.5 Å². The maximum Gasteiger partial charge on any atom is 0.407 e. The van der Waals surface area contributed by atoms with Gasteiger partial charge in [-0.2, -0.15) is 0 Å². The fraction of sp³-hybridized carbons (Fsp3) is 0.750. The van der Waals surface area contributed by atoms with Crippen LogP contribution in [0.25, 0.3) is 0 Å². The molecular weight excluding hydrogens is 158 g/mol. The summed E-state index contributed by atoms with van der Waals surface area (Å²) in [6.45, 7) is 0.609. The maximum absolute atomic E-state index is 11.0. The molecule has 12 heavy (non-hydrogen) atoms. The van der Waals surface area contributed by atoms with E-state index in [4.69, 9.17) is 5.11 Å². The van der Waals surface area contributed by atoms with E-state index in [2.05, 4.69) is 0 Å². The van der Waals surface area contributed by atoms with Crippen LogP contribution in [0.2, 0.25) is 0 Å². The number of nitrogens with zero attached hydrogens (tertiary/aromatic N) is 1. The minimum absolute atomic E-state index is 0.00463. The second-order valence-electron chi connectivity index (χ2n) is 3.54. The number of amides is 1. The number of likely N-dealkylation sites (tertiary alicyclic amines) is 1. The summed E-state index contributed by atoms with van der Waals surface area (Å²) < 4.78 is 0. The van der Waals surface area contributed by atoms with Gasteiger partial charge >= 0.3 is 6.09 Å². The van der Waals surface area contributed by atoms with Gasteiger partial charge in [0, 0.05) is 25.4 Å². The zero-order valence-corrected chi connectivity index (χ0v) is 6.69. The predicted molar refractivity (Wildman–Crippen MR) is 40.9 cm³/mol. The highest BCUT2D eigenvalue weighted by molar-refractivity contribution is 5.83. The van der Waals surface area contributed by atoms with Crippen molar-refractivity contribution < 1.29 is 14.7 Å².